The molecule has 2 aromatic rings. The van der Waals surface area contributed by atoms with E-state index < -0.39 is 17.6 Å². The zero-order valence-electron chi connectivity index (χ0n) is 16.8. The summed E-state index contributed by atoms with van der Waals surface area (Å²) in [6.45, 7) is 4.87. The third kappa shape index (κ3) is 4.04. The van der Waals surface area contributed by atoms with Crippen LogP contribution in [0.3, 0.4) is 0 Å². The van der Waals surface area contributed by atoms with E-state index in [1.165, 1.54) is 13.2 Å². The van der Waals surface area contributed by atoms with Crippen molar-refractivity contribution >= 4 is 5.97 Å². The van der Waals surface area contributed by atoms with Gasteiger partial charge in [0.2, 0.25) is 0 Å². The van der Waals surface area contributed by atoms with Crippen LogP contribution in [0.2, 0.25) is 0 Å². The molecule has 0 fully saturated rings. The maximum absolute atomic E-state index is 12.3. The van der Waals surface area contributed by atoms with Crippen molar-refractivity contribution in [1.29, 1.82) is 0 Å². The van der Waals surface area contributed by atoms with Crippen LogP contribution in [0.25, 0.3) is 11.4 Å². The first-order valence-corrected chi connectivity index (χ1v) is 9.25. The highest BCUT2D eigenvalue weighted by Crippen LogP contribution is 2.46. The van der Waals surface area contributed by atoms with Gasteiger partial charge in [0.1, 0.15) is 17.4 Å². The molecule has 1 aliphatic heterocycles. The van der Waals surface area contributed by atoms with Gasteiger partial charge in [-0.15, -0.1) is 0 Å². The van der Waals surface area contributed by atoms with Crippen molar-refractivity contribution in [2.75, 3.05) is 27.4 Å². The van der Waals surface area contributed by atoms with E-state index in [9.17, 15) is 14.7 Å². The highest BCUT2D eigenvalue weighted by molar-refractivity contribution is 5.88. The molecule has 2 aromatic heterocycles. The first-order valence-electron chi connectivity index (χ1n) is 9.25. The molecule has 0 radical (unpaired) electrons. The number of fused-ring (bicyclic) bond motifs is 3. The minimum Gasteiger partial charge on any atom is -0.488 e. The second-order valence-electron chi connectivity index (χ2n) is 6.97. The Morgan fingerprint density at radius 3 is 2.69 bits per heavy atom. The Kier molecular flexibility index (Phi) is 6.07. The predicted molar refractivity (Wildman–Crippen MR) is 104 cm³/mol. The summed E-state index contributed by atoms with van der Waals surface area (Å²) < 4.78 is 22.2. The van der Waals surface area contributed by atoms with E-state index in [0.717, 1.165) is 0 Å². The summed E-state index contributed by atoms with van der Waals surface area (Å²) in [6, 6.07) is 3.03. The molecule has 2 N–H and O–H groups in total. The van der Waals surface area contributed by atoms with E-state index in [1.54, 1.807) is 13.2 Å². The fourth-order valence-electron chi connectivity index (χ4n) is 3.19. The molecule has 0 saturated heterocycles. The molecule has 3 rings (SSSR count). The number of carboxylic acid groups (broad SMARTS) is 1. The van der Waals surface area contributed by atoms with Crippen LogP contribution in [0.1, 0.15) is 42.3 Å². The van der Waals surface area contributed by atoms with Gasteiger partial charge in [0, 0.05) is 31.8 Å². The highest BCUT2D eigenvalue weighted by atomic mass is 16.5. The van der Waals surface area contributed by atoms with Gasteiger partial charge in [0.15, 0.2) is 11.5 Å². The molecule has 9 heteroatoms. The van der Waals surface area contributed by atoms with Gasteiger partial charge in [0.05, 0.1) is 19.4 Å². The minimum absolute atomic E-state index is 0.0163. The smallest absolute Gasteiger partial charge is 0.341 e. The van der Waals surface area contributed by atoms with E-state index in [2.05, 4.69) is 9.97 Å². The first-order chi connectivity index (χ1) is 13.9. The SMILES string of the molecule is COCCCOc1cc2c(nc1OC)-c1[nH]c(=O)c(C(=O)O)cc1[C@@H](C(C)C)O2. The van der Waals surface area contributed by atoms with Crippen molar-refractivity contribution in [3.63, 3.8) is 0 Å². The maximum atomic E-state index is 12.3. The van der Waals surface area contributed by atoms with E-state index in [-0.39, 0.29) is 17.4 Å². The minimum atomic E-state index is -1.30. The molecule has 0 unspecified atom stereocenters. The number of nitrogens with zero attached hydrogens (tertiary/aromatic N) is 1. The fourth-order valence-corrected chi connectivity index (χ4v) is 3.19. The van der Waals surface area contributed by atoms with Crippen LogP contribution in [0, 0.1) is 5.92 Å². The number of nitrogens with one attached hydrogen (secondary N) is 1. The average Bonchev–Trinajstić information content (AvgIpc) is 2.69. The first kappa shape index (κ1) is 20.7. The van der Waals surface area contributed by atoms with Gasteiger partial charge in [-0.1, -0.05) is 13.8 Å². The van der Waals surface area contributed by atoms with E-state index in [0.29, 0.717) is 48.1 Å². The van der Waals surface area contributed by atoms with Crippen molar-refractivity contribution in [2.24, 2.45) is 5.92 Å². The Morgan fingerprint density at radius 2 is 2.07 bits per heavy atom. The summed E-state index contributed by atoms with van der Waals surface area (Å²) in [4.78, 5) is 30.8. The monoisotopic (exact) mass is 404 g/mol. The molecule has 1 atom stereocenters. The standard InChI is InChI=1S/C20H24N2O7/c1-10(2)17-11-8-12(20(24)25)18(23)21-15(11)16-13(29-17)9-14(19(22-16)27-4)28-7-5-6-26-3/h8-10,17H,5-7H2,1-4H3,(H,21,23)(H,24,25)/t17-/m1/s1. The predicted octanol–water partition coefficient (Wildman–Crippen LogP) is 2.65. The third-order valence-electron chi connectivity index (χ3n) is 4.57. The Morgan fingerprint density at radius 1 is 1.31 bits per heavy atom. The average molecular weight is 404 g/mol. The largest absolute Gasteiger partial charge is 0.488 e. The molecule has 9 nitrogen and oxygen atoms in total. The van der Waals surface area contributed by atoms with Gasteiger partial charge in [-0.2, -0.15) is 0 Å². The van der Waals surface area contributed by atoms with E-state index in [1.807, 2.05) is 13.8 Å². The van der Waals surface area contributed by atoms with Gasteiger partial charge < -0.3 is 29.0 Å². The van der Waals surface area contributed by atoms with Gasteiger partial charge in [-0.3, -0.25) is 4.79 Å². The molecule has 0 amide bonds. The summed E-state index contributed by atoms with van der Waals surface area (Å²) >= 11 is 0. The molecule has 0 aliphatic carbocycles. The zero-order valence-corrected chi connectivity index (χ0v) is 16.8. The van der Waals surface area contributed by atoms with Crippen LogP contribution in [0.4, 0.5) is 0 Å². The number of ether oxygens (including phenoxy) is 4. The molecule has 3 heterocycles. The second-order valence-corrected chi connectivity index (χ2v) is 6.97. The van der Waals surface area contributed by atoms with Crippen LogP contribution in [0.15, 0.2) is 16.9 Å². The van der Waals surface area contributed by atoms with Crippen molar-refractivity contribution < 1.29 is 28.8 Å². The zero-order chi connectivity index (χ0) is 21.1. The molecule has 29 heavy (non-hydrogen) atoms. The number of carboxylic acids is 1. The van der Waals surface area contributed by atoms with Crippen LogP contribution in [-0.2, 0) is 4.74 Å². The Balaban J connectivity index is 2.10. The summed E-state index contributed by atoms with van der Waals surface area (Å²) in [7, 11) is 3.09. The summed E-state index contributed by atoms with van der Waals surface area (Å²) in [5, 5.41) is 9.30. The number of aromatic carboxylic acids is 1. The van der Waals surface area contributed by atoms with Gasteiger partial charge in [-0.25, -0.2) is 9.78 Å². The fraction of sp³-hybridized carbons (Fsp3) is 0.450. The van der Waals surface area contributed by atoms with Crippen molar-refractivity contribution in [3.05, 3.63) is 33.6 Å². The van der Waals surface area contributed by atoms with E-state index in [4.69, 9.17) is 18.9 Å². The third-order valence-corrected chi connectivity index (χ3v) is 4.57. The maximum Gasteiger partial charge on any atom is 0.341 e. The molecular formula is C20H24N2O7. The van der Waals surface area contributed by atoms with Crippen LogP contribution in [0.5, 0.6) is 17.4 Å². The number of aromatic amines is 1. The molecule has 0 saturated carbocycles. The van der Waals surface area contributed by atoms with Crippen molar-refractivity contribution in [3.8, 4) is 28.8 Å². The highest BCUT2D eigenvalue weighted by Gasteiger charge is 2.33. The Labute approximate surface area is 167 Å². The summed E-state index contributed by atoms with van der Waals surface area (Å²) in [6.07, 6.45) is 0.240. The van der Waals surface area contributed by atoms with Gasteiger partial charge >= 0.3 is 5.97 Å². The lowest BCUT2D eigenvalue weighted by molar-refractivity contribution is 0.0694. The lowest BCUT2D eigenvalue weighted by Gasteiger charge is -2.31. The normalized spacial score (nSPS) is 14.7. The molecule has 0 aromatic carbocycles. The lowest BCUT2D eigenvalue weighted by atomic mass is 9.92. The van der Waals surface area contributed by atoms with Crippen LogP contribution in [-0.4, -0.2) is 48.5 Å². The second kappa shape index (κ2) is 8.52. The van der Waals surface area contributed by atoms with Crippen molar-refractivity contribution in [2.45, 2.75) is 26.4 Å². The van der Waals surface area contributed by atoms with Gasteiger partial charge in [-0.05, 0) is 12.0 Å². The number of H-pyrrole nitrogens is 1. The van der Waals surface area contributed by atoms with Crippen molar-refractivity contribution in [1.82, 2.24) is 9.97 Å². The number of rotatable bonds is 8. The number of carbonyl (C=O) groups is 1. The Hall–Kier alpha value is -3.07. The molecular weight excluding hydrogens is 380 g/mol. The van der Waals surface area contributed by atoms with Crippen LogP contribution < -0.4 is 19.8 Å². The molecule has 0 spiro atoms. The molecule has 156 valence electrons. The van der Waals surface area contributed by atoms with Gasteiger partial charge in [0.25, 0.3) is 11.4 Å². The molecule has 0 bridgehead atoms. The Bertz CT molecular complexity index is 968. The number of hydrogen-bond acceptors (Lipinski definition) is 7. The lowest BCUT2D eigenvalue weighted by Crippen LogP contribution is -2.26. The number of aromatic nitrogens is 2. The van der Waals surface area contributed by atoms with E-state index >= 15 is 0 Å². The summed E-state index contributed by atoms with van der Waals surface area (Å²) in [5.41, 5.74) is 0.308. The topological polar surface area (TPSA) is 120 Å². The quantitative estimate of drug-likeness (QED) is 0.645. The number of pyridine rings is 2. The molecule has 1 aliphatic rings. The summed E-state index contributed by atoms with van der Waals surface area (Å²) in [5.74, 6) is -0.201. The van der Waals surface area contributed by atoms with Crippen LogP contribution >= 0.6 is 0 Å². The number of hydrogen-bond donors (Lipinski definition) is 2. The number of methoxy groups -OCH3 is 2.